The van der Waals surface area contributed by atoms with Crippen LogP contribution in [-0.4, -0.2) is 17.0 Å². The average molecular weight is 300 g/mol. The van der Waals surface area contributed by atoms with Gasteiger partial charge in [0.05, 0.1) is 16.6 Å². The van der Waals surface area contributed by atoms with Crippen molar-refractivity contribution < 1.29 is 19.1 Å². The number of amides is 1. The highest BCUT2D eigenvalue weighted by Crippen LogP contribution is 2.31. The molecule has 1 saturated carbocycles. The predicted octanol–water partition coefficient (Wildman–Crippen LogP) is 3.31. The SMILES string of the molecule is O=C(O)C1CCCC(C(=O)Nc2cc(F)ccc2Cl)C1. The van der Waals surface area contributed by atoms with Crippen LogP contribution in [-0.2, 0) is 9.59 Å². The molecule has 20 heavy (non-hydrogen) atoms. The molecular weight excluding hydrogens is 285 g/mol. The second kappa shape index (κ2) is 6.22. The lowest BCUT2D eigenvalue weighted by Crippen LogP contribution is -2.31. The first-order valence-electron chi connectivity index (χ1n) is 6.46. The van der Waals surface area contributed by atoms with Gasteiger partial charge in [-0.15, -0.1) is 0 Å². The molecule has 0 spiro atoms. The van der Waals surface area contributed by atoms with E-state index in [9.17, 15) is 14.0 Å². The maximum absolute atomic E-state index is 13.1. The Labute approximate surface area is 120 Å². The number of anilines is 1. The number of carboxylic acid groups (broad SMARTS) is 1. The first-order valence-corrected chi connectivity index (χ1v) is 6.84. The second-order valence-electron chi connectivity index (χ2n) is 5.01. The molecule has 0 heterocycles. The highest BCUT2D eigenvalue weighted by Gasteiger charge is 2.31. The molecule has 2 N–H and O–H groups in total. The van der Waals surface area contributed by atoms with Crippen molar-refractivity contribution in [2.75, 3.05) is 5.32 Å². The van der Waals surface area contributed by atoms with Gasteiger partial charge in [-0.1, -0.05) is 18.0 Å². The van der Waals surface area contributed by atoms with Crippen molar-refractivity contribution in [3.8, 4) is 0 Å². The number of carboxylic acids is 1. The van der Waals surface area contributed by atoms with Gasteiger partial charge in [0, 0.05) is 5.92 Å². The lowest BCUT2D eigenvalue weighted by atomic mass is 9.81. The summed E-state index contributed by atoms with van der Waals surface area (Å²) in [4.78, 5) is 23.1. The van der Waals surface area contributed by atoms with Gasteiger partial charge in [0.15, 0.2) is 0 Å². The van der Waals surface area contributed by atoms with Crippen molar-refractivity contribution in [1.82, 2.24) is 0 Å². The molecule has 0 radical (unpaired) electrons. The van der Waals surface area contributed by atoms with Gasteiger partial charge < -0.3 is 10.4 Å². The number of aliphatic carboxylic acids is 1. The van der Waals surface area contributed by atoms with E-state index in [1.807, 2.05) is 0 Å². The number of hydrogen-bond acceptors (Lipinski definition) is 2. The molecule has 0 saturated heterocycles. The Morgan fingerprint density at radius 3 is 2.70 bits per heavy atom. The molecule has 2 atom stereocenters. The van der Waals surface area contributed by atoms with Crippen LogP contribution in [0.3, 0.4) is 0 Å². The Morgan fingerprint density at radius 1 is 1.30 bits per heavy atom. The average Bonchev–Trinajstić information content (AvgIpc) is 2.43. The largest absolute Gasteiger partial charge is 0.481 e. The summed E-state index contributed by atoms with van der Waals surface area (Å²) in [6.07, 6.45) is 2.25. The van der Waals surface area contributed by atoms with Crippen LogP contribution in [0.15, 0.2) is 18.2 Å². The molecule has 1 aliphatic rings. The zero-order valence-electron chi connectivity index (χ0n) is 10.7. The monoisotopic (exact) mass is 299 g/mol. The summed E-state index contributed by atoms with van der Waals surface area (Å²) in [6, 6.07) is 3.73. The van der Waals surface area contributed by atoms with Gasteiger partial charge in [0.1, 0.15) is 5.82 Å². The summed E-state index contributed by atoms with van der Waals surface area (Å²) in [5, 5.41) is 11.8. The van der Waals surface area contributed by atoms with E-state index in [-0.39, 0.29) is 22.5 Å². The van der Waals surface area contributed by atoms with Crippen LogP contribution in [0.1, 0.15) is 25.7 Å². The van der Waals surface area contributed by atoms with Crippen LogP contribution < -0.4 is 5.32 Å². The summed E-state index contributed by atoms with van der Waals surface area (Å²) in [5.41, 5.74) is 0.217. The van der Waals surface area contributed by atoms with Crippen molar-refractivity contribution in [3.63, 3.8) is 0 Å². The molecule has 2 unspecified atom stereocenters. The van der Waals surface area contributed by atoms with E-state index >= 15 is 0 Å². The minimum Gasteiger partial charge on any atom is -0.481 e. The fraction of sp³-hybridized carbons (Fsp3) is 0.429. The third kappa shape index (κ3) is 3.48. The number of carbonyl (C=O) groups is 2. The van der Waals surface area contributed by atoms with Gasteiger partial charge in [0.25, 0.3) is 0 Å². The maximum Gasteiger partial charge on any atom is 0.306 e. The van der Waals surface area contributed by atoms with Crippen LogP contribution in [0.4, 0.5) is 10.1 Å². The van der Waals surface area contributed by atoms with Gasteiger partial charge >= 0.3 is 5.97 Å². The van der Waals surface area contributed by atoms with E-state index in [1.165, 1.54) is 12.1 Å². The van der Waals surface area contributed by atoms with E-state index in [4.69, 9.17) is 16.7 Å². The molecule has 6 heteroatoms. The van der Waals surface area contributed by atoms with Crippen LogP contribution in [0.5, 0.6) is 0 Å². The van der Waals surface area contributed by atoms with E-state index < -0.39 is 17.7 Å². The fourth-order valence-corrected chi connectivity index (χ4v) is 2.65. The van der Waals surface area contributed by atoms with Crippen LogP contribution in [0, 0.1) is 17.7 Å². The summed E-state index contributed by atoms with van der Waals surface area (Å²) in [7, 11) is 0. The molecule has 0 aromatic heterocycles. The van der Waals surface area contributed by atoms with Crippen LogP contribution in [0.2, 0.25) is 5.02 Å². The van der Waals surface area contributed by atoms with Crippen molar-refractivity contribution >= 4 is 29.2 Å². The maximum atomic E-state index is 13.1. The van der Waals surface area contributed by atoms with Crippen molar-refractivity contribution in [3.05, 3.63) is 29.0 Å². The van der Waals surface area contributed by atoms with Gasteiger partial charge in [-0.2, -0.15) is 0 Å². The Morgan fingerprint density at radius 2 is 2.00 bits per heavy atom. The number of hydrogen-bond donors (Lipinski definition) is 2. The number of rotatable bonds is 3. The van der Waals surface area contributed by atoms with Gasteiger partial charge in [-0.3, -0.25) is 9.59 Å². The first-order chi connectivity index (χ1) is 9.47. The van der Waals surface area contributed by atoms with E-state index in [0.29, 0.717) is 25.7 Å². The van der Waals surface area contributed by atoms with Crippen LogP contribution in [0.25, 0.3) is 0 Å². The summed E-state index contributed by atoms with van der Waals surface area (Å²) in [6.45, 7) is 0. The highest BCUT2D eigenvalue weighted by atomic mass is 35.5. The molecule has 0 bridgehead atoms. The fourth-order valence-electron chi connectivity index (χ4n) is 2.48. The molecule has 1 aromatic rings. The Balaban J connectivity index is 2.04. The van der Waals surface area contributed by atoms with Crippen molar-refractivity contribution in [2.45, 2.75) is 25.7 Å². The minimum absolute atomic E-state index is 0.217. The van der Waals surface area contributed by atoms with E-state index in [1.54, 1.807) is 0 Å². The Kier molecular flexibility index (Phi) is 4.60. The number of carbonyl (C=O) groups excluding carboxylic acids is 1. The standard InChI is InChI=1S/C14H15ClFNO3/c15-11-5-4-10(16)7-12(11)17-13(18)8-2-1-3-9(6-8)14(19)20/h4-5,7-9H,1-3,6H2,(H,17,18)(H,19,20). The van der Waals surface area contributed by atoms with Crippen LogP contribution >= 0.6 is 11.6 Å². The second-order valence-corrected chi connectivity index (χ2v) is 5.42. The lowest BCUT2D eigenvalue weighted by molar-refractivity contribution is -0.143. The summed E-state index contributed by atoms with van der Waals surface area (Å²) in [5.74, 6) is -2.52. The number of nitrogens with one attached hydrogen (secondary N) is 1. The number of benzene rings is 1. The first kappa shape index (κ1) is 14.8. The highest BCUT2D eigenvalue weighted by molar-refractivity contribution is 6.33. The van der Waals surface area contributed by atoms with E-state index in [2.05, 4.69) is 5.32 Å². The van der Waals surface area contributed by atoms with Crippen molar-refractivity contribution in [1.29, 1.82) is 0 Å². The Bertz CT molecular complexity index is 535. The molecule has 0 aliphatic heterocycles. The van der Waals surface area contributed by atoms with Crippen molar-refractivity contribution in [2.24, 2.45) is 11.8 Å². The molecule has 1 aromatic carbocycles. The molecule has 108 valence electrons. The minimum atomic E-state index is -0.869. The molecule has 1 amide bonds. The quantitative estimate of drug-likeness (QED) is 0.900. The predicted molar refractivity (Wildman–Crippen MR) is 73.1 cm³/mol. The zero-order valence-corrected chi connectivity index (χ0v) is 11.5. The summed E-state index contributed by atoms with van der Waals surface area (Å²) >= 11 is 5.88. The van der Waals surface area contributed by atoms with E-state index in [0.717, 1.165) is 6.07 Å². The number of halogens is 2. The third-order valence-electron chi connectivity index (χ3n) is 3.58. The van der Waals surface area contributed by atoms with Gasteiger partial charge in [0.2, 0.25) is 5.91 Å². The van der Waals surface area contributed by atoms with Gasteiger partial charge in [-0.25, -0.2) is 4.39 Å². The molecular formula is C14H15ClFNO3. The zero-order chi connectivity index (χ0) is 14.7. The molecule has 1 aliphatic carbocycles. The molecule has 4 nitrogen and oxygen atoms in total. The molecule has 2 rings (SSSR count). The summed E-state index contributed by atoms with van der Waals surface area (Å²) < 4.78 is 13.1. The smallest absolute Gasteiger partial charge is 0.306 e. The normalized spacial score (nSPS) is 22.3. The molecule has 1 fully saturated rings. The Hall–Kier alpha value is -1.62. The lowest BCUT2D eigenvalue weighted by Gasteiger charge is -2.25. The third-order valence-corrected chi connectivity index (χ3v) is 3.91. The topological polar surface area (TPSA) is 66.4 Å². The van der Waals surface area contributed by atoms with Gasteiger partial charge in [-0.05, 0) is 37.5 Å².